The average Bonchev–Trinajstić information content (AvgIpc) is 3.50. The van der Waals surface area contributed by atoms with E-state index in [1.165, 1.54) is 5.56 Å². The van der Waals surface area contributed by atoms with Crippen LogP contribution in [0, 0.1) is 5.41 Å². The smallest absolute Gasteiger partial charge is 0.272 e. The van der Waals surface area contributed by atoms with Gasteiger partial charge in [0, 0.05) is 62.7 Å². The summed E-state index contributed by atoms with van der Waals surface area (Å²) in [6.45, 7) is 11.1. The Morgan fingerprint density at radius 2 is 1.97 bits per heavy atom. The number of rotatable bonds is 6. The number of carbonyl (C=O) groups is 1. The molecular weight excluding hydrogens is 402 g/mol. The maximum atomic E-state index is 13.1. The monoisotopic (exact) mass is 433 g/mol. The van der Waals surface area contributed by atoms with Crippen molar-refractivity contribution in [2.45, 2.75) is 45.7 Å². The highest BCUT2D eigenvalue weighted by atomic mass is 16.2. The number of nitrogens with zero attached hydrogens (tertiary/aromatic N) is 6. The summed E-state index contributed by atoms with van der Waals surface area (Å²) < 4.78 is 1.77. The summed E-state index contributed by atoms with van der Waals surface area (Å²) in [5.41, 5.74) is 1.97. The third-order valence-corrected chi connectivity index (χ3v) is 6.87. The van der Waals surface area contributed by atoms with Gasteiger partial charge in [-0.15, -0.1) is 0 Å². The zero-order valence-electron chi connectivity index (χ0n) is 19.0. The van der Waals surface area contributed by atoms with Gasteiger partial charge in [0.05, 0.1) is 0 Å². The van der Waals surface area contributed by atoms with Crippen LogP contribution in [0.3, 0.4) is 0 Å². The van der Waals surface area contributed by atoms with Crippen molar-refractivity contribution in [2.24, 2.45) is 5.41 Å². The molecule has 4 heterocycles. The first-order valence-electron chi connectivity index (χ1n) is 11.5. The second kappa shape index (κ2) is 8.16. The van der Waals surface area contributed by atoms with E-state index in [1.807, 2.05) is 17.9 Å². The lowest BCUT2D eigenvalue weighted by molar-refractivity contribution is 0.000923. The molecule has 0 aliphatic carbocycles. The molecule has 1 unspecified atom stereocenters. The van der Waals surface area contributed by atoms with Crippen molar-refractivity contribution in [1.29, 1.82) is 0 Å². The number of aromatic amines is 1. The van der Waals surface area contributed by atoms with Gasteiger partial charge < -0.3 is 4.90 Å². The predicted molar refractivity (Wildman–Crippen MR) is 121 cm³/mol. The van der Waals surface area contributed by atoms with Crippen LogP contribution in [0.25, 0.3) is 0 Å². The minimum atomic E-state index is -0.00467. The number of nitrogens with one attached hydrogen (secondary N) is 1. The van der Waals surface area contributed by atoms with Gasteiger partial charge in [0.25, 0.3) is 5.91 Å². The number of aromatic nitrogens is 5. The first kappa shape index (κ1) is 20.9. The molecule has 1 amide bonds. The molecule has 1 atom stereocenters. The van der Waals surface area contributed by atoms with Gasteiger partial charge in [-0.05, 0) is 18.6 Å². The van der Waals surface area contributed by atoms with Crippen molar-refractivity contribution < 1.29 is 4.79 Å². The number of carbonyl (C=O) groups excluding carboxylic acids is 1. The quantitative estimate of drug-likeness (QED) is 0.646. The molecule has 2 aliphatic rings. The Hall–Kier alpha value is -3.00. The number of benzene rings is 1. The van der Waals surface area contributed by atoms with E-state index in [9.17, 15) is 4.79 Å². The van der Waals surface area contributed by atoms with Gasteiger partial charge in [-0.3, -0.25) is 19.5 Å². The second-order valence-corrected chi connectivity index (χ2v) is 9.50. The zero-order chi connectivity index (χ0) is 22.3. The highest BCUT2D eigenvalue weighted by molar-refractivity contribution is 5.93. The molecule has 1 N–H and O–H groups in total. The van der Waals surface area contributed by atoms with Crippen LogP contribution < -0.4 is 0 Å². The number of hydrogen-bond donors (Lipinski definition) is 1. The van der Waals surface area contributed by atoms with Crippen molar-refractivity contribution in [3.8, 4) is 0 Å². The van der Waals surface area contributed by atoms with Crippen LogP contribution in [-0.2, 0) is 13.1 Å². The topological polar surface area (TPSA) is 82.9 Å². The van der Waals surface area contributed by atoms with Crippen molar-refractivity contribution in [2.75, 3.05) is 26.2 Å². The van der Waals surface area contributed by atoms with Crippen LogP contribution in [0.1, 0.15) is 60.3 Å². The fraction of sp³-hybridized carbons (Fsp3) is 0.500. The second-order valence-electron chi connectivity index (χ2n) is 9.50. The van der Waals surface area contributed by atoms with Crippen molar-refractivity contribution in [3.05, 3.63) is 65.5 Å². The van der Waals surface area contributed by atoms with Crippen molar-refractivity contribution in [3.63, 3.8) is 0 Å². The summed E-state index contributed by atoms with van der Waals surface area (Å²) >= 11 is 0. The molecule has 0 bridgehead atoms. The Labute approximate surface area is 188 Å². The molecule has 3 aromatic rings. The number of aryl methyl sites for hydroxylation is 1. The summed E-state index contributed by atoms with van der Waals surface area (Å²) in [5.74, 6) is 2.39. The van der Waals surface area contributed by atoms with Gasteiger partial charge in [0.15, 0.2) is 5.82 Å². The fourth-order valence-corrected chi connectivity index (χ4v) is 5.22. The maximum absolute atomic E-state index is 13.1. The highest BCUT2D eigenvalue weighted by Gasteiger charge is 2.57. The maximum Gasteiger partial charge on any atom is 0.272 e. The van der Waals surface area contributed by atoms with E-state index in [0.717, 1.165) is 44.4 Å². The molecule has 0 radical (unpaired) electrons. The van der Waals surface area contributed by atoms with Crippen LogP contribution in [0.4, 0.5) is 0 Å². The Balaban J connectivity index is 1.37. The summed E-state index contributed by atoms with van der Waals surface area (Å²) in [7, 11) is 0. The molecule has 8 nitrogen and oxygen atoms in total. The molecule has 8 heteroatoms. The number of amides is 1. The summed E-state index contributed by atoms with van der Waals surface area (Å²) in [6.07, 6.45) is 1.70. The summed E-state index contributed by atoms with van der Waals surface area (Å²) in [6, 6.07) is 12.4. The number of H-pyrrole nitrogens is 1. The van der Waals surface area contributed by atoms with Crippen LogP contribution in [-0.4, -0.2) is 66.8 Å². The van der Waals surface area contributed by atoms with Crippen LogP contribution in [0.5, 0.6) is 0 Å². The molecule has 1 aromatic carbocycles. The fourth-order valence-electron chi connectivity index (χ4n) is 5.22. The molecule has 2 aliphatic heterocycles. The Morgan fingerprint density at radius 1 is 1.19 bits per heavy atom. The van der Waals surface area contributed by atoms with Crippen molar-refractivity contribution in [1.82, 2.24) is 34.8 Å². The zero-order valence-corrected chi connectivity index (χ0v) is 19.0. The van der Waals surface area contributed by atoms with E-state index in [-0.39, 0.29) is 23.2 Å². The number of likely N-dealkylation sites (tertiary alicyclic amines) is 2. The summed E-state index contributed by atoms with van der Waals surface area (Å²) in [5, 5.41) is 11.9. The van der Waals surface area contributed by atoms with Gasteiger partial charge in [-0.1, -0.05) is 44.2 Å². The lowest BCUT2D eigenvalue weighted by Gasteiger charge is -2.50. The van der Waals surface area contributed by atoms with Gasteiger partial charge in [-0.2, -0.15) is 10.2 Å². The molecule has 0 saturated carbocycles. The Kier molecular flexibility index (Phi) is 5.33. The molecule has 168 valence electrons. The third-order valence-electron chi connectivity index (χ3n) is 6.87. The first-order chi connectivity index (χ1) is 15.5. The molecule has 2 aromatic heterocycles. The normalized spacial score (nSPS) is 20.2. The van der Waals surface area contributed by atoms with Crippen LogP contribution in [0.2, 0.25) is 0 Å². The standard InChI is InChI=1S/C24H31N7O/c1-4-31-20(10-11-25-31)23(32)30-15-24(16-30)14-29(12-18-8-6-5-7-9-18)13-19(24)22-26-21(17(2)3)27-28-22/h5-11,17,19H,4,12-16H2,1-3H3,(H,26,27,28). The van der Waals surface area contributed by atoms with Gasteiger partial charge >= 0.3 is 0 Å². The molecule has 32 heavy (non-hydrogen) atoms. The van der Waals surface area contributed by atoms with Crippen LogP contribution in [0.15, 0.2) is 42.6 Å². The lowest BCUT2D eigenvalue weighted by atomic mass is 9.71. The van der Waals surface area contributed by atoms with Gasteiger partial charge in [0.2, 0.25) is 0 Å². The average molecular weight is 434 g/mol. The van der Waals surface area contributed by atoms with Crippen LogP contribution >= 0.6 is 0 Å². The van der Waals surface area contributed by atoms with E-state index in [0.29, 0.717) is 12.2 Å². The highest BCUT2D eigenvalue weighted by Crippen LogP contribution is 2.49. The minimum absolute atomic E-state index is 0.00467. The first-order valence-corrected chi connectivity index (χ1v) is 11.5. The van der Waals surface area contributed by atoms with Gasteiger partial charge in [0.1, 0.15) is 11.5 Å². The Bertz CT molecular complexity index is 1080. The largest absolute Gasteiger partial charge is 0.336 e. The van der Waals surface area contributed by atoms with E-state index in [4.69, 9.17) is 4.98 Å². The molecule has 1 spiro atoms. The number of hydrogen-bond acceptors (Lipinski definition) is 5. The third kappa shape index (κ3) is 3.62. The molecule has 2 fully saturated rings. The Morgan fingerprint density at radius 3 is 2.66 bits per heavy atom. The van der Waals surface area contributed by atoms with E-state index >= 15 is 0 Å². The predicted octanol–water partition coefficient (Wildman–Crippen LogP) is 2.89. The molecule has 5 rings (SSSR count). The summed E-state index contributed by atoms with van der Waals surface area (Å²) in [4.78, 5) is 22.4. The minimum Gasteiger partial charge on any atom is -0.336 e. The van der Waals surface area contributed by atoms with Gasteiger partial charge in [-0.25, -0.2) is 4.98 Å². The SMILES string of the molecule is CCn1nccc1C(=O)N1CC2(CN(Cc3ccccc3)CC2c2nc(C(C)C)n[nH]2)C1. The lowest BCUT2D eigenvalue weighted by Crippen LogP contribution is -2.61. The van der Waals surface area contributed by atoms with E-state index in [2.05, 4.69) is 64.4 Å². The van der Waals surface area contributed by atoms with E-state index < -0.39 is 0 Å². The van der Waals surface area contributed by atoms with Crippen molar-refractivity contribution >= 4 is 5.91 Å². The van der Waals surface area contributed by atoms with E-state index in [1.54, 1.807) is 10.9 Å². The molecular formula is C24H31N7O. The molecule has 2 saturated heterocycles.